The Morgan fingerprint density at radius 3 is 2.52 bits per heavy atom. The Morgan fingerprint density at radius 2 is 1.81 bits per heavy atom. The maximum atomic E-state index is 13.2. The number of aromatic nitrogens is 2. The minimum absolute atomic E-state index is 0.00165. The SMILES string of the molecule is O=C(Cc1cnc2c(n1)N(S(=O)(=O)c1cccc(Cl)c1)CCO2)c1c(Cl)cccc1Cl. The van der Waals surface area contributed by atoms with Crippen molar-refractivity contribution in [2.24, 2.45) is 0 Å². The van der Waals surface area contributed by atoms with Gasteiger partial charge in [0.05, 0.1) is 45.4 Å². The third kappa shape index (κ3) is 4.34. The van der Waals surface area contributed by atoms with Gasteiger partial charge in [0.25, 0.3) is 15.9 Å². The van der Waals surface area contributed by atoms with Crippen molar-refractivity contribution in [2.45, 2.75) is 11.3 Å². The number of ketones is 1. The zero-order valence-corrected chi connectivity index (χ0v) is 18.8. The fraction of sp³-hybridized carbons (Fsp3) is 0.150. The van der Waals surface area contributed by atoms with Gasteiger partial charge < -0.3 is 4.74 Å². The van der Waals surface area contributed by atoms with Gasteiger partial charge in [-0.2, -0.15) is 0 Å². The highest BCUT2D eigenvalue weighted by Crippen LogP contribution is 2.33. The molecule has 11 heteroatoms. The number of carbonyl (C=O) groups is 1. The molecule has 0 N–H and O–H groups in total. The number of rotatable bonds is 5. The first-order chi connectivity index (χ1) is 14.8. The van der Waals surface area contributed by atoms with Crippen molar-refractivity contribution in [1.29, 1.82) is 0 Å². The number of anilines is 1. The standard InChI is InChI=1S/C20H14Cl3N3O4S/c21-12-3-1-4-14(9-12)31(28,29)26-7-8-30-20-19(26)25-13(11-24-20)10-17(27)18-15(22)5-2-6-16(18)23/h1-6,9,11H,7-8,10H2. The summed E-state index contributed by atoms with van der Waals surface area (Å²) in [5.41, 5.74) is 0.418. The molecule has 1 aromatic heterocycles. The number of fused-ring (bicyclic) bond motifs is 1. The van der Waals surface area contributed by atoms with E-state index < -0.39 is 10.0 Å². The predicted octanol–water partition coefficient (Wildman–Crippen LogP) is 4.45. The van der Waals surface area contributed by atoms with E-state index in [1.54, 1.807) is 30.3 Å². The van der Waals surface area contributed by atoms with E-state index in [4.69, 9.17) is 39.5 Å². The second-order valence-electron chi connectivity index (χ2n) is 6.57. The highest BCUT2D eigenvalue weighted by atomic mass is 35.5. The van der Waals surface area contributed by atoms with E-state index in [0.717, 1.165) is 4.31 Å². The van der Waals surface area contributed by atoms with Crippen LogP contribution in [0.5, 0.6) is 5.88 Å². The largest absolute Gasteiger partial charge is 0.473 e. The molecule has 2 heterocycles. The fourth-order valence-electron chi connectivity index (χ4n) is 3.09. The lowest BCUT2D eigenvalue weighted by Crippen LogP contribution is -2.39. The minimum Gasteiger partial charge on any atom is -0.473 e. The lowest BCUT2D eigenvalue weighted by molar-refractivity contribution is 0.0992. The number of sulfonamides is 1. The molecule has 0 spiro atoms. The average Bonchev–Trinajstić information content (AvgIpc) is 2.73. The number of ether oxygens (including phenoxy) is 1. The van der Waals surface area contributed by atoms with E-state index >= 15 is 0 Å². The number of hydrogen-bond acceptors (Lipinski definition) is 6. The molecule has 0 atom stereocenters. The Bertz CT molecular complexity index is 1260. The number of Topliss-reactive ketones (excluding diaryl/α,β-unsaturated/α-hetero) is 1. The maximum absolute atomic E-state index is 13.2. The van der Waals surface area contributed by atoms with Crippen LogP contribution in [0.2, 0.25) is 15.1 Å². The van der Waals surface area contributed by atoms with Crippen molar-refractivity contribution < 1.29 is 17.9 Å². The van der Waals surface area contributed by atoms with Crippen molar-refractivity contribution >= 4 is 56.4 Å². The van der Waals surface area contributed by atoms with Crippen molar-refractivity contribution in [3.63, 3.8) is 0 Å². The molecule has 0 saturated carbocycles. The molecule has 0 amide bonds. The molecule has 0 unspecified atom stereocenters. The van der Waals surface area contributed by atoms with Crippen LogP contribution in [-0.4, -0.2) is 37.3 Å². The van der Waals surface area contributed by atoms with E-state index in [1.165, 1.54) is 18.3 Å². The number of halogens is 3. The molecule has 3 aromatic rings. The first kappa shape index (κ1) is 21.8. The molecule has 0 fully saturated rings. The van der Waals surface area contributed by atoms with Gasteiger partial charge in [-0.3, -0.25) is 4.79 Å². The quantitative estimate of drug-likeness (QED) is 0.483. The zero-order valence-electron chi connectivity index (χ0n) is 15.8. The van der Waals surface area contributed by atoms with Crippen molar-refractivity contribution in [2.75, 3.05) is 17.5 Å². The molecule has 1 aliphatic heterocycles. The molecular formula is C20H14Cl3N3O4S. The molecular weight excluding hydrogens is 485 g/mol. The Morgan fingerprint density at radius 1 is 1.10 bits per heavy atom. The molecule has 7 nitrogen and oxygen atoms in total. The zero-order chi connectivity index (χ0) is 22.2. The molecule has 1 aliphatic rings. The Hall–Kier alpha value is -2.39. The highest BCUT2D eigenvalue weighted by molar-refractivity contribution is 7.92. The van der Waals surface area contributed by atoms with Gasteiger partial charge in [0.2, 0.25) is 5.82 Å². The predicted molar refractivity (Wildman–Crippen MR) is 118 cm³/mol. The number of benzene rings is 2. The monoisotopic (exact) mass is 497 g/mol. The molecule has 2 aromatic carbocycles. The van der Waals surface area contributed by atoms with Crippen molar-refractivity contribution in [3.05, 3.63) is 75.0 Å². The summed E-state index contributed by atoms with van der Waals surface area (Å²) in [6, 6.07) is 10.7. The Balaban J connectivity index is 1.69. The van der Waals surface area contributed by atoms with Crippen LogP contribution in [0.4, 0.5) is 5.82 Å². The maximum Gasteiger partial charge on any atom is 0.265 e. The topological polar surface area (TPSA) is 89.5 Å². The molecule has 160 valence electrons. The summed E-state index contributed by atoms with van der Waals surface area (Å²) in [5.74, 6) is -0.309. The Kier molecular flexibility index (Phi) is 6.07. The lowest BCUT2D eigenvalue weighted by Gasteiger charge is -2.28. The first-order valence-electron chi connectivity index (χ1n) is 9.01. The highest BCUT2D eigenvalue weighted by Gasteiger charge is 2.33. The number of hydrogen-bond donors (Lipinski definition) is 0. The van der Waals surface area contributed by atoms with E-state index in [9.17, 15) is 13.2 Å². The summed E-state index contributed by atoms with van der Waals surface area (Å²) >= 11 is 18.2. The summed E-state index contributed by atoms with van der Waals surface area (Å²) in [7, 11) is -3.97. The lowest BCUT2D eigenvalue weighted by atomic mass is 10.1. The van der Waals surface area contributed by atoms with Crippen LogP contribution in [0, 0.1) is 0 Å². The van der Waals surface area contributed by atoms with Gasteiger partial charge in [0.1, 0.15) is 6.61 Å². The second-order valence-corrected chi connectivity index (χ2v) is 9.68. The van der Waals surface area contributed by atoms with Crippen LogP contribution < -0.4 is 9.04 Å². The van der Waals surface area contributed by atoms with Gasteiger partial charge in [-0.15, -0.1) is 0 Å². The molecule has 0 aliphatic carbocycles. The van der Waals surface area contributed by atoms with Crippen LogP contribution in [0.25, 0.3) is 0 Å². The van der Waals surface area contributed by atoms with Gasteiger partial charge >= 0.3 is 0 Å². The smallest absolute Gasteiger partial charge is 0.265 e. The van der Waals surface area contributed by atoms with Crippen molar-refractivity contribution in [1.82, 2.24) is 9.97 Å². The summed E-state index contributed by atoms with van der Waals surface area (Å²) < 4.78 is 32.9. The molecule has 0 radical (unpaired) electrons. The van der Waals surface area contributed by atoms with E-state index in [2.05, 4.69) is 9.97 Å². The van der Waals surface area contributed by atoms with Gasteiger partial charge in [-0.05, 0) is 30.3 Å². The number of nitrogens with zero attached hydrogens (tertiary/aromatic N) is 3. The van der Waals surface area contributed by atoms with Crippen molar-refractivity contribution in [3.8, 4) is 5.88 Å². The van der Waals surface area contributed by atoms with E-state index in [-0.39, 0.29) is 68.3 Å². The average molecular weight is 499 g/mol. The Labute approximate surface area is 193 Å². The summed E-state index contributed by atoms with van der Waals surface area (Å²) in [6.45, 7) is 0.138. The minimum atomic E-state index is -3.97. The van der Waals surface area contributed by atoms with Crippen LogP contribution in [0.15, 0.2) is 53.6 Å². The third-order valence-corrected chi connectivity index (χ3v) is 7.16. The third-order valence-electron chi connectivity index (χ3n) is 4.51. The van der Waals surface area contributed by atoms with E-state index in [0.29, 0.717) is 0 Å². The van der Waals surface area contributed by atoms with Crippen LogP contribution in [0.3, 0.4) is 0 Å². The summed E-state index contributed by atoms with van der Waals surface area (Å²) in [6.07, 6.45) is 1.19. The molecule has 31 heavy (non-hydrogen) atoms. The van der Waals surface area contributed by atoms with Gasteiger partial charge in [0, 0.05) is 5.02 Å². The van der Waals surface area contributed by atoms with Crippen LogP contribution >= 0.6 is 34.8 Å². The second kappa shape index (κ2) is 8.63. The molecule has 0 saturated heterocycles. The van der Waals surface area contributed by atoms with Gasteiger partial charge in [0.15, 0.2) is 5.78 Å². The normalized spacial score (nSPS) is 13.5. The van der Waals surface area contributed by atoms with Gasteiger partial charge in [-0.25, -0.2) is 22.7 Å². The summed E-state index contributed by atoms with van der Waals surface area (Å²) in [4.78, 5) is 21.3. The van der Waals surface area contributed by atoms with Gasteiger partial charge in [-0.1, -0.05) is 46.9 Å². The van der Waals surface area contributed by atoms with Crippen LogP contribution in [-0.2, 0) is 16.4 Å². The van der Waals surface area contributed by atoms with E-state index in [1.807, 2.05) is 0 Å². The molecule has 0 bridgehead atoms. The summed E-state index contributed by atoms with van der Waals surface area (Å²) in [5, 5.41) is 0.727. The van der Waals surface area contributed by atoms with Crippen LogP contribution in [0.1, 0.15) is 16.1 Å². The number of carbonyl (C=O) groups excluding carboxylic acids is 1. The molecule has 4 rings (SSSR count). The fourth-order valence-corrected chi connectivity index (χ4v) is 5.40. The first-order valence-corrected chi connectivity index (χ1v) is 11.6.